The van der Waals surface area contributed by atoms with Crippen molar-refractivity contribution in [2.75, 3.05) is 59.4 Å². The molecule has 1 atom stereocenters. The molecule has 2 aliphatic rings. The Hall–Kier alpha value is -1.34. The maximum Gasteiger partial charge on any atom is 0.221 e. The zero-order valence-electron chi connectivity index (χ0n) is 17.2. The molecule has 0 bridgehead atoms. The fourth-order valence-electron chi connectivity index (χ4n) is 4.09. The Morgan fingerprint density at radius 1 is 0.963 bits per heavy atom. The first kappa shape index (κ1) is 22.0. The molecule has 2 rings (SSSR count). The van der Waals surface area contributed by atoms with Crippen LogP contribution in [-0.2, 0) is 4.79 Å². The van der Waals surface area contributed by atoms with Gasteiger partial charge in [-0.25, -0.2) is 0 Å². The number of nitrogens with zero attached hydrogens (tertiary/aromatic N) is 3. The van der Waals surface area contributed by atoms with Gasteiger partial charge in [0.15, 0.2) is 5.96 Å². The molecule has 4 N–H and O–H groups in total. The van der Waals surface area contributed by atoms with Crippen LogP contribution in [0.1, 0.15) is 51.4 Å². The topological polar surface area (TPSA) is 86.0 Å². The lowest BCUT2D eigenvalue weighted by molar-refractivity contribution is -0.123. The van der Waals surface area contributed by atoms with Crippen molar-refractivity contribution in [3.63, 3.8) is 0 Å². The van der Waals surface area contributed by atoms with Gasteiger partial charge in [0.2, 0.25) is 5.91 Å². The number of aliphatic imine (C=N–C) groups is 1. The van der Waals surface area contributed by atoms with Crippen molar-refractivity contribution >= 4 is 11.9 Å². The smallest absolute Gasteiger partial charge is 0.221 e. The van der Waals surface area contributed by atoms with Gasteiger partial charge in [-0.2, -0.15) is 0 Å². The van der Waals surface area contributed by atoms with E-state index in [0.29, 0.717) is 0 Å². The van der Waals surface area contributed by atoms with E-state index in [1.807, 2.05) is 7.05 Å². The average molecular weight is 381 g/mol. The Balaban J connectivity index is 1.51. The van der Waals surface area contributed by atoms with E-state index in [-0.39, 0.29) is 11.8 Å². The molecule has 1 amide bonds. The lowest BCUT2D eigenvalue weighted by atomic mass is 9.97. The Morgan fingerprint density at radius 3 is 2.15 bits per heavy atom. The van der Waals surface area contributed by atoms with E-state index >= 15 is 0 Å². The van der Waals surface area contributed by atoms with Crippen molar-refractivity contribution in [1.82, 2.24) is 20.4 Å². The highest BCUT2D eigenvalue weighted by molar-refractivity contribution is 5.79. The number of carbonyl (C=O) groups excluding carboxylic acids is 1. The first-order valence-corrected chi connectivity index (χ1v) is 10.9. The molecule has 2 saturated heterocycles. The largest absolute Gasteiger partial charge is 0.369 e. The van der Waals surface area contributed by atoms with E-state index in [2.05, 4.69) is 25.4 Å². The van der Waals surface area contributed by atoms with Gasteiger partial charge in [-0.05, 0) is 71.2 Å². The second kappa shape index (κ2) is 12.9. The molecule has 0 saturated carbocycles. The number of carbonyl (C=O) groups is 1. The van der Waals surface area contributed by atoms with Gasteiger partial charge in [0, 0.05) is 26.7 Å². The lowest BCUT2D eigenvalue weighted by Crippen LogP contribution is -2.43. The van der Waals surface area contributed by atoms with Crippen LogP contribution in [-0.4, -0.2) is 81.1 Å². The number of piperidine rings is 1. The summed E-state index contributed by atoms with van der Waals surface area (Å²) in [6, 6.07) is 0. The molecule has 0 spiro atoms. The normalized spacial score (nSPS) is 23.0. The van der Waals surface area contributed by atoms with Gasteiger partial charge >= 0.3 is 0 Å². The minimum absolute atomic E-state index is 0.0327. The third-order valence-corrected chi connectivity index (χ3v) is 5.72. The van der Waals surface area contributed by atoms with Crippen molar-refractivity contribution < 1.29 is 4.79 Å². The Labute approximate surface area is 165 Å². The molecule has 0 aromatic carbocycles. The van der Waals surface area contributed by atoms with Crippen LogP contribution >= 0.6 is 0 Å². The summed E-state index contributed by atoms with van der Waals surface area (Å²) in [6.07, 6.45) is 9.71. The first-order valence-electron chi connectivity index (χ1n) is 10.9. The highest BCUT2D eigenvalue weighted by Crippen LogP contribution is 2.15. The van der Waals surface area contributed by atoms with Crippen molar-refractivity contribution in [1.29, 1.82) is 0 Å². The summed E-state index contributed by atoms with van der Waals surface area (Å²) in [5.74, 6) is 0.771. The third kappa shape index (κ3) is 8.93. The number of amides is 1. The molecular weight excluding hydrogens is 340 g/mol. The van der Waals surface area contributed by atoms with Crippen LogP contribution in [0.4, 0.5) is 0 Å². The molecular formula is C20H40N6O. The first-order chi connectivity index (χ1) is 13.2. The van der Waals surface area contributed by atoms with E-state index in [9.17, 15) is 4.79 Å². The molecule has 1 unspecified atom stereocenters. The van der Waals surface area contributed by atoms with Crippen LogP contribution in [0.25, 0.3) is 0 Å². The number of hydrogen-bond acceptors (Lipinski definition) is 4. The molecule has 0 aliphatic carbocycles. The second-order valence-corrected chi connectivity index (χ2v) is 7.93. The molecule has 7 nitrogen and oxygen atoms in total. The van der Waals surface area contributed by atoms with Crippen LogP contribution < -0.4 is 16.4 Å². The molecule has 2 heterocycles. The summed E-state index contributed by atoms with van der Waals surface area (Å²) < 4.78 is 0. The van der Waals surface area contributed by atoms with Crippen molar-refractivity contribution in [3.8, 4) is 0 Å². The second-order valence-electron chi connectivity index (χ2n) is 7.93. The van der Waals surface area contributed by atoms with E-state index in [1.54, 1.807) is 0 Å². The monoisotopic (exact) mass is 380 g/mol. The molecule has 156 valence electrons. The zero-order chi connectivity index (χ0) is 19.3. The van der Waals surface area contributed by atoms with Gasteiger partial charge in [-0.3, -0.25) is 9.79 Å². The number of rotatable bonds is 9. The number of nitrogens with two attached hydrogens (primary N) is 1. The Kier molecular flexibility index (Phi) is 10.5. The van der Waals surface area contributed by atoms with Crippen LogP contribution in [0, 0.1) is 5.92 Å². The molecule has 2 fully saturated rings. The van der Waals surface area contributed by atoms with Crippen LogP contribution in [0.3, 0.4) is 0 Å². The van der Waals surface area contributed by atoms with E-state index in [4.69, 9.17) is 5.73 Å². The summed E-state index contributed by atoms with van der Waals surface area (Å²) in [4.78, 5) is 20.6. The molecule has 0 aromatic rings. The van der Waals surface area contributed by atoms with Crippen molar-refractivity contribution in [2.45, 2.75) is 51.4 Å². The molecule has 2 aliphatic heterocycles. The Bertz CT molecular complexity index is 448. The maximum absolute atomic E-state index is 11.4. The lowest BCUT2D eigenvalue weighted by Gasteiger charge is -2.31. The zero-order valence-corrected chi connectivity index (χ0v) is 17.2. The van der Waals surface area contributed by atoms with Gasteiger partial charge in [-0.1, -0.05) is 12.8 Å². The molecule has 0 radical (unpaired) electrons. The van der Waals surface area contributed by atoms with Gasteiger partial charge < -0.3 is 26.2 Å². The minimum atomic E-state index is -0.150. The SMILES string of the molecule is CN=C(NCCCN1CCCCCC1)NCCCN1CCCC(C(N)=O)C1. The number of guanidine groups is 1. The van der Waals surface area contributed by atoms with Crippen molar-refractivity contribution in [2.24, 2.45) is 16.6 Å². The van der Waals surface area contributed by atoms with E-state index in [0.717, 1.165) is 64.4 Å². The quantitative estimate of drug-likeness (QED) is 0.316. The summed E-state index contributed by atoms with van der Waals surface area (Å²) in [6.45, 7) is 8.46. The van der Waals surface area contributed by atoms with Crippen molar-refractivity contribution in [3.05, 3.63) is 0 Å². The van der Waals surface area contributed by atoms with Gasteiger partial charge in [0.05, 0.1) is 5.92 Å². The highest BCUT2D eigenvalue weighted by atomic mass is 16.1. The Morgan fingerprint density at radius 2 is 1.56 bits per heavy atom. The maximum atomic E-state index is 11.4. The molecule has 7 heteroatoms. The van der Waals surface area contributed by atoms with E-state index in [1.165, 1.54) is 45.3 Å². The fourth-order valence-corrected chi connectivity index (χ4v) is 4.09. The predicted octanol–water partition coefficient (Wildman–Crippen LogP) is 1.00. The standard InChI is InChI=1S/C20H40N6O/c1-22-20(23-10-7-15-25-12-4-2-3-5-13-25)24-11-8-16-26-14-6-9-18(17-26)19(21)27/h18H,2-17H2,1H3,(H2,21,27)(H2,22,23,24). The van der Waals surface area contributed by atoms with Crippen LogP contribution in [0.5, 0.6) is 0 Å². The highest BCUT2D eigenvalue weighted by Gasteiger charge is 2.23. The predicted molar refractivity (Wildman–Crippen MR) is 112 cm³/mol. The third-order valence-electron chi connectivity index (χ3n) is 5.72. The van der Waals surface area contributed by atoms with Gasteiger partial charge in [0.1, 0.15) is 0 Å². The summed E-state index contributed by atoms with van der Waals surface area (Å²) in [5.41, 5.74) is 5.45. The number of likely N-dealkylation sites (tertiary alicyclic amines) is 2. The fraction of sp³-hybridized carbons (Fsp3) is 0.900. The summed E-state index contributed by atoms with van der Waals surface area (Å²) in [5, 5.41) is 6.82. The van der Waals surface area contributed by atoms with Crippen LogP contribution in [0.15, 0.2) is 4.99 Å². The summed E-state index contributed by atoms with van der Waals surface area (Å²) in [7, 11) is 1.83. The number of hydrogen-bond donors (Lipinski definition) is 3. The summed E-state index contributed by atoms with van der Waals surface area (Å²) >= 11 is 0. The van der Waals surface area contributed by atoms with Gasteiger partial charge in [0.25, 0.3) is 0 Å². The van der Waals surface area contributed by atoms with Crippen LogP contribution in [0.2, 0.25) is 0 Å². The minimum Gasteiger partial charge on any atom is -0.369 e. The molecule has 0 aromatic heterocycles. The van der Waals surface area contributed by atoms with Gasteiger partial charge in [-0.15, -0.1) is 0 Å². The number of nitrogens with one attached hydrogen (secondary N) is 2. The van der Waals surface area contributed by atoms with E-state index < -0.39 is 0 Å². The number of primary amides is 1. The molecule has 27 heavy (non-hydrogen) atoms. The average Bonchev–Trinajstić information content (AvgIpc) is 2.95.